The van der Waals surface area contributed by atoms with E-state index in [4.69, 9.17) is 9.47 Å². The van der Waals surface area contributed by atoms with Gasteiger partial charge in [0.05, 0.1) is 19.2 Å². The summed E-state index contributed by atoms with van der Waals surface area (Å²) in [5.41, 5.74) is 1.14. The fraction of sp³-hybridized carbons (Fsp3) is 0.167. The smallest absolute Gasteiger partial charge is 0.343 e. The molecule has 3 aromatic carbocycles. The first kappa shape index (κ1) is 20.3. The van der Waals surface area contributed by atoms with Crippen LogP contribution in [0.3, 0.4) is 0 Å². The first-order valence-electron chi connectivity index (χ1n) is 9.71. The highest BCUT2D eigenvalue weighted by Gasteiger charge is 2.28. The van der Waals surface area contributed by atoms with Crippen molar-refractivity contribution in [1.82, 2.24) is 4.90 Å². The van der Waals surface area contributed by atoms with Crippen LogP contribution in [-0.4, -0.2) is 35.8 Å². The molecule has 3 aromatic rings. The van der Waals surface area contributed by atoms with Gasteiger partial charge in [-0.05, 0) is 40.6 Å². The molecule has 0 atom stereocenters. The highest BCUT2D eigenvalue weighted by Crippen LogP contribution is 2.28. The second-order valence-electron chi connectivity index (χ2n) is 7.15. The van der Waals surface area contributed by atoms with E-state index in [0.29, 0.717) is 0 Å². The summed E-state index contributed by atoms with van der Waals surface area (Å²) in [4.78, 5) is 49.6. The summed E-state index contributed by atoms with van der Waals surface area (Å²) in [6.07, 6.45) is 0.467. The first-order valence-corrected chi connectivity index (χ1v) is 9.71. The Hall–Kier alpha value is -4.00. The van der Waals surface area contributed by atoms with E-state index in [-0.39, 0.29) is 48.1 Å². The van der Waals surface area contributed by atoms with Gasteiger partial charge in [0, 0.05) is 12.8 Å². The molecule has 1 fully saturated rings. The van der Waals surface area contributed by atoms with Crippen LogP contribution in [0, 0.1) is 0 Å². The predicted molar refractivity (Wildman–Crippen MR) is 111 cm³/mol. The Kier molecular flexibility index (Phi) is 5.49. The van der Waals surface area contributed by atoms with Crippen LogP contribution in [0.15, 0.2) is 60.7 Å². The van der Waals surface area contributed by atoms with Crippen LogP contribution in [0.1, 0.15) is 39.1 Å². The van der Waals surface area contributed by atoms with E-state index in [0.717, 1.165) is 16.3 Å². The number of esters is 2. The lowest BCUT2D eigenvalue weighted by Crippen LogP contribution is -2.28. The second-order valence-corrected chi connectivity index (χ2v) is 7.15. The van der Waals surface area contributed by atoms with Gasteiger partial charge < -0.3 is 9.47 Å². The number of benzene rings is 3. The molecule has 4 rings (SSSR count). The lowest BCUT2D eigenvalue weighted by molar-refractivity contribution is -0.139. The van der Waals surface area contributed by atoms with Crippen molar-refractivity contribution < 1.29 is 28.7 Å². The Morgan fingerprint density at radius 1 is 0.871 bits per heavy atom. The van der Waals surface area contributed by atoms with Crippen molar-refractivity contribution >= 4 is 34.5 Å². The molecule has 0 aliphatic carbocycles. The summed E-state index contributed by atoms with van der Waals surface area (Å²) in [6, 6.07) is 17.1. The topological polar surface area (TPSA) is 90.0 Å². The third-order valence-corrected chi connectivity index (χ3v) is 5.14. The van der Waals surface area contributed by atoms with Crippen LogP contribution in [0.5, 0.6) is 5.75 Å². The van der Waals surface area contributed by atoms with Gasteiger partial charge in [0.15, 0.2) is 0 Å². The van der Waals surface area contributed by atoms with Crippen LogP contribution in [0.25, 0.3) is 10.8 Å². The van der Waals surface area contributed by atoms with Gasteiger partial charge in [-0.15, -0.1) is 0 Å². The normalized spacial score (nSPS) is 13.5. The number of likely N-dealkylation sites (tertiary alicyclic amines) is 1. The number of nitrogens with zero attached hydrogens (tertiary/aromatic N) is 1. The molecule has 1 aliphatic rings. The molecule has 7 heteroatoms. The molecule has 0 saturated carbocycles. The Balaban J connectivity index is 1.55. The molecule has 0 radical (unpaired) electrons. The fourth-order valence-corrected chi connectivity index (χ4v) is 3.46. The maximum atomic E-state index is 12.7. The number of methoxy groups -OCH3 is 1. The summed E-state index contributed by atoms with van der Waals surface area (Å²) in [5, 5.41) is 1.63. The van der Waals surface area contributed by atoms with E-state index in [1.807, 2.05) is 24.3 Å². The molecule has 0 unspecified atom stereocenters. The van der Waals surface area contributed by atoms with Crippen molar-refractivity contribution in [2.75, 3.05) is 7.11 Å². The third kappa shape index (κ3) is 4.16. The van der Waals surface area contributed by atoms with Gasteiger partial charge in [0.25, 0.3) is 0 Å². The largest absolute Gasteiger partial charge is 0.465 e. The van der Waals surface area contributed by atoms with Crippen LogP contribution >= 0.6 is 0 Å². The molecule has 2 amide bonds. The van der Waals surface area contributed by atoms with Gasteiger partial charge in [-0.1, -0.05) is 36.4 Å². The van der Waals surface area contributed by atoms with Crippen molar-refractivity contribution in [1.29, 1.82) is 0 Å². The van der Waals surface area contributed by atoms with Gasteiger partial charge >= 0.3 is 11.9 Å². The minimum absolute atomic E-state index is 0.105. The molecule has 0 aromatic heterocycles. The molecule has 0 N–H and O–H groups in total. The number of carbonyl (C=O) groups is 4. The van der Waals surface area contributed by atoms with Crippen LogP contribution < -0.4 is 4.74 Å². The van der Waals surface area contributed by atoms with Crippen molar-refractivity contribution in [3.8, 4) is 5.75 Å². The summed E-state index contributed by atoms with van der Waals surface area (Å²) in [5.74, 6) is -1.53. The first-order chi connectivity index (χ1) is 15.0. The molecule has 1 aliphatic heterocycles. The number of fused-ring (bicyclic) bond motifs is 1. The third-order valence-electron chi connectivity index (χ3n) is 5.14. The average molecular weight is 417 g/mol. The molecule has 7 nitrogen and oxygen atoms in total. The maximum absolute atomic E-state index is 12.7. The number of amides is 2. The minimum Gasteiger partial charge on any atom is -0.465 e. The number of hydrogen-bond donors (Lipinski definition) is 0. The van der Waals surface area contributed by atoms with Gasteiger partial charge in [0.1, 0.15) is 11.3 Å². The van der Waals surface area contributed by atoms with Crippen molar-refractivity contribution in [3.05, 3.63) is 77.4 Å². The number of carbonyl (C=O) groups excluding carboxylic acids is 4. The quantitative estimate of drug-likeness (QED) is 0.359. The molecular weight excluding hydrogens is 398 g/mol. The summed E-state index contributed by atoms with van der Waals surface area (Å²) in [6.45, 7) is 0.171. The highest BCUT2D eigenvalue weighted by molar-refractivity contribution is 6.02. The molecule has 0 spiro atoms. The molecule has 0 bridgehead atoms. The number of ether oxygens (including phenoxy) is 2. The maximum Gasteiger partial charge on any atom is 0.343 e. The summed E-state index contributed by atoms with van der Waals surface area (Å²) >= 11 is 0. The van der Waals surface area contributed by atoms with Gasteiger partial charge in [-0.2, -0.15) is 0 Å². The summed E-state index contributed by atoms with van der Waals surface area (Å²) < 4.78 is 10.3. The number of rotatable bonds is 5. The molecule has 1 heterocycles. The van der Waals surface area contributed by atoms with Gasteiger partial charge in [0.2, 0.25) is 11.8 Å². The van der Waals surface area contributed by atoms with Gasteiger partial charge in [-0.3, -0.25) is 14.5 Å². The Bertz CT molecular complexity index is 1180. The average Bonchev–Trinajstić information content (AvgIpc) is 3.10. The van der Waals surface area contributed by atoms with Crippen molar-refractivity contribution in [3.63, 3.8) is 0 Å². The lowest BCUT2D eigenvalue weighted by Gasteiger charge is -2.14. The van der Waals surface area contributed by atoms with E-state index < -0.39 is 11.9 Å². The highest BCUT2D eigenvalue weighted by atomic mass is 16.5. The standard InChI is InChI=1S/C24H19NO6/c1-30-24(29)19-12-17-4-2-3-5-18(17)13-20(19)31-23(28)16-8-6-15(7-9-16)14-25-21(26)10-11-22(25)27/h2-9,12-13H,10-11,14H2,1H3. The van der Waals surface area contributed by atoms with E-state index in [9.17, 15) is 19.2 Å². The summed E-state index contributed by atoms with van der Waals surface area (Å²) in [7, 11) is 1.26. The number of hydrogen-bond acceptors (Lipinski definition) is 6. The Morgan fingerprint density at radius 2 is 1.48 bits per heavy atom. The Morgan fingerprint density at radius 3 is 2.10 bits per heavy atom. The van der Waals surface area contributed by atoms with Crippen LogP contribution in [-0.2, 0) is 20.9 Å². The molecule has 156 valence electrons. The van der Waals surface area contributed by atoms with E-state index >= 15 is 0 Å². The zero-order valence-corrected chi connectivity index (χ0v) is 16.8. The van der Waals surface area contributed by atoms with Gasteiger partial charge in [-0.25, -0.2) is 9.59 Å². The number of imide groups is 1. The zero-order valence-electron chi connectivity index (χ0n) is 16.8. The molecular formula is C24H19NO6. The zero-order chi connectivity index (χ0) is 22.0. The van der Waals surface area contributed by atoms with E-state index in [2.05, 4.69) is 0 Å². The molecule has 31 heavy (non-hydrogen) atoms. The SMILES string of the molecule is COC(=O)c1cc2ccccc2cc1OC(=O)c1ccc(CN2C(=O)CCC2=O)cc1. The fourth-order valence-electron chi connectivity index (χ4n) is 3.46. The predicted octanol–water partition coefficient (Wildman–Crippen LogP) is 3.49. The minimum atomic E-state index is -0.639. The van der Waals surface area contributed by atoms with E-state index in [1.165, 1.54) is 12.0 Å². The lowest BCUT2D eigenvalue weighted by atomic mass is 10.1. The monoisotopic (exact) mass is 417 g/mol. The van der Waals surface area contributed by atoms with Crippen molar-refractivity contribution in [2.45, 2.75) is 19.4 Å². The van der Waals surface area contributed by atoms with Crippen LogP contribution in [0.4, 0.5) is 0 Å². The van der Waals surface area contributed by atoms with Crippen LogP contribution in [0.2, 0.25) is 0 Å². The second kappa shape index (κ2) is 8.39. The Labute approximate surface area is 178 Å². The van der Waals surface area contributed by atoms with E-state index in [1.54, 1.807) is 36.4 Å². The molecule has 1 saturated heterocycles. The van der Waals surface area contributed by atoms with Crippen molar-refractivity contribution in [2.24, 2.45) is 0 Å².